The fraction of sp³-hybridized carbons (Fsp3) is 0.941. The molecule has 2 fully saturated rings. The lowest BCUT2D eigenvalue weighted by Gasteiger charge is -2.30. The number of hydrogen-bond donors (Lipinski definition) is 2. The van der Waals surface area contributed by atoms with Crippen molar-refractivity contribution in [3.8, 4) is 0 Å². The number of methoxy groups -OCH3 is 1. The smallest absolute Gasteiger partial charge is 0.407 e. The first-order valence-electron chi connectivity index (χ1n) is 8.63. The van der Waals surface area contributed by atoms with Crippen LogP contribution in [-0.4, -0.2) is 43.5 Å². The Morgan fingerprint density at radius 1 is 1.14 bits per heavy atom. The highest BCUT2D eigenvalue weighted by Crippen LogP contribution is 2.33. The Balaban J connectivity index is 1.72. The van der Waals surface area contributed by atoms with Crippen molar-refractivity contribution in [3.63, 3.8) is 0 Å². The van der Waals surface area contributed by atoms with Gasteiger partial charge < -0.3 is 20.1 Å². The lowest BCUT2D eigenvalue weighted by molar-refractivity contribution is 0.0490. The third-order valence-corrected chi connectivity index (χ3v) is 4.53. The standard InChI is InChI=1S/C17H32N2O3/c1-17(2,3)22-16(20)19-15(12-5-6-12)11-18-13-7-9-14(21-4)10-8-13/h12-15,18H,5-11H2,1-4H3,(H,19,20). The Morgan fingerprint density at radius 3 is 2.27 bits per heavy atom. The second kappa shape index (κ2) is 7.64. The highest BCUT2D eigenvalue weighted by atomic mass is 16.6. The molecular formula is C17H32N2O3. The zero-order valence-corrected chi connectivity index (χ0v) is 14.5. The van der Waals surface area contributed by atoms with E-state index in [0.717, 1.165) is 32.2 Å². The molecule has 5 nitrogen and oxygen atoms in total. The lowest BCUT2D eigenvalue weighted by atomic mass is 9.93. The van der Waals surface area contributed by atoms with Crippen molar-refractivity contribution in [1.29, 1.82) is 0 Å². The van der Waals surface area contributed by atoms with Gasteiger partial charge in [0, 0.05) is 25.7 Å². The molecule has 1 atom stereocenters. The normalized spacial score (nSPS) is 27.3. The summed E-state index contributed by atoms with van der Waals surface area (Å²) in [5.41, 5.74) is -0.440. The van der Waals surface area contributed by atoms with E-state index in [9.17, 15) is 4.79 Å². The average molecular weight is 312 g/mol. The third-order valence-electron chi connectivity index (χ3n) is 4.53. The van der Waals surface area contributed by atoms with Gasteiger partial charge in [-0.2, -0.15) is 0 Å². The molecule has 2 rings (SSSR count). The molecule has 2 aliphatic carbocycles. The highest BCUT2D eigenvalue weighted by molar-refractivity contribution is 5.68. The van der Waals surface area contributed by atoms with Crippen LogP contribution in [0.2, 0.25) is 0 Å². The van der Waals surface area contributed by atoms with Gasteiger partial charge in [-0.25, -0.2) is 4.79 Å². The molecule has 0 aliphatic heterocycles. The molecule has 0 spiro atoms. The first kappa shape index (κ1) is 17.5. The largest absolute Gasteiger partial charge is 0.444 e. The summed E-state index contributed by atoms with van der Waals surface area (Å²) in [5.74, 6) is 0.607. The number of rotatable bonds is 6. The van der Waals surface area contributed by atoms with E-state index in [1.807, 2.05) is 20.8 Å². The van der Waals surface area contributed by atoms with Crippen molar-refractivity contribution >= 4 is 6.09 Å². The van der Waals surface area contributed by atoms with E-state index in [1.54, 1.807) is 7.11 Å². The second-order valence-corrected chi connectivity index (χ2v) is 7.71. The molecule has 22 heavy (non-hydrogen) atoms. The van der Waals surface area contributed by atoms with Crippen molar-refractivity contribution in [1.82, 2.24) is 10.6 Å². The number of alkyl carbamates (subject to hydrolysis) is 1. The number of hydrogen-bond acceptors (Lipinski definition) is 4. The predicted octanol–water partition coefficient (Wildman–Crippen LogP) is 2.84. The van der Waals surface area contributed by atoms with Crippen LogP contribution in [0.25, 0.3) is 0 Å². The SMILES string of the molecule is COC1CCC(NCC(NC(=O)OC(C)(C)C)C2CC2)CC1. The number of nitrogens with one attached hydrogen (secondary N) is 2. The molecule has 0 heterocycles. The Morgan fingerprint density at radius 2 is 1.77 bits per heavy atom. The Kier molecular flexibility index (Phi) is 6.09. The molecule has 128 valence electrons. The Hall–Kier alpha value is -0.810. The molecule has 1 unspecified atom stereocenters. The summed E-state index contributed by atoms with van der Waals surface area (Å²) in [4.78, 5) is 12.0. The van der Waals surface area contributed by atoms with E-state index in [0.29, 0.717) is 18.1 Å². The Labute approximate surface area is 134 Å². The van der Waals surface area contributed by atoms with Crippen molar-refractivity contribution in [3.05, 3.63) is 0 Å². The van der Waals surface area contributed by atoms with E-state index in [4.69, 9.17) is 9.47 Å². The third kappa shape index (κ3) is 6.13. The molecule has 0 radical (unpaired) electrons. The minimum Gasteiger partial charge on any atom is -0.444 e. The van der Waals surface area contributed by atoms with Crippen LogP contribution in [0.1, 0.15) is 59.3 Å². The van der Waals surface area contributed by atoms with Crippen molar-refractivity contribution < 1.29 is 14.3 Å². The number of carbonyl (C=O) groups excluding carboxylic acids is 1. The maximum atomic E-state index is 12.0. The van der Waals surface area contributed by atoms with Gasteiger partial charge in [0.25, 0.3) is 0 Å². The van der Waals surface area contributed by atoms with Crippen LogP contribution in [0.15, 0.2) is 0 Å². The first-order chi connectivity index (χ1) is 10.4. The van der Waals surface area contributed by atoms with Crippen LogP contribution < -0.4 is 10.6 Å². The van der Waals surface area contributed by atoms with E-state index in [-0.39, 0.29) is 12.1 Å². The quantitative estimate of drug-likeness (QED) is 0.792. The van der Waals surface area contributed by atoms with Crippen LogP contribution in [0.3, 0.4) is 0 Å². The van der Waals surface area contributed by atoms with E-state index in [2.05, 4.69) is 10.6 Å². The monoisotopic (exact) mass is 312 g/mol. The van der Waals surface area contributed by atoms with E-state index in [1.165, 1.54) is 12.8 Å². The second-order valence-electron chi connectivity index (χ2n) is 7.71. The van der Waals surface area contributed by atoms with Crippen LogP contribution >= 0.6 is 0 Å². The molecular weight excluding hydrogens is 280 g/mol. The summed E-state index contributed by atoms with van der Waals surface area (Å²) in [5, 5.41) is 6.68. The zero-order chi connectivity index (χ0) is 16.2. The fourth-order valence-corrected chi connectivity index (χ4v) is 3.09. The molecule has 0 aromatic carbocycles. The van der Waals surface area contributed by atoms with Gasteiger partial charge in [0.1, 0.15) is 5.60 Å². The fourth-order valence-electron chi connectivity index (χ4n) is 3.09. The molecule has 1 amide bonds. The van der Waals surface area contributed by atoms with Crippen LogP contribution in [-0.2, 0) is 9.47 Å². The first-order valence-corrected chi connectivity index (χ1v) is 8.63. The van der Waals surface area contributed by atoms with Gasteiger partial charge in [-0.05, 0) is 65.2 Å². The number of amides is 1. The zero-order valence-electron chi connectivity index (χ0n) is 14.5. The Bertz CT molecular complexity index is 355. The van der Waals surface area contributed by atoms with Crippen LogP contribution in [0.4, 0.5) is 4.79 Å². The van der Waals surface area contributed by atoms with Crippen LogP contribution in [0, 0.1) is 5.92 Å². The molecule has 0 aromatic heterocycles. The van der Waals surface area contributed by atoms with Gasteiger partial charge in [-0.1, -0.05) is 0 Å². The summed E-state index contributed by atoms with van der Waals surface area (Å²) >= 11 is 0. The average Bonchev–Trinajstić information content (AvgIpc) is 3.26. The van der Waals surface area contributed by atoms with Gasteiger partial charge in [0.15, 0.2) is 0 Å². The summed E-state index contributed by atoms with van der Waals surface area (Å²) in [6, 6.07) is 0.739. The molecule has 0 aromatic rings. The minimum absolute atomic E-state index is 0.190. The molecule has 2 N–H and O–H groups in total. The van der Waals surface area contributed by atoms with Gasteiger partial charge in [0.05, 0.1) is 6.10 Å². The van der Waals surface area contributed by atoms with Gasteiger partial charge in [0.2, 0.25) is 0 Å². The van der Waals surface area contributed by atoms with E-state index < -0.39 is 5.60 Å². The topological polar surface area (TPSA) is 59.6 Å². The maximum absolute atomic E-state index is 12.0. The van der Waals surface area contributed by atoms with Gasteiger partial charge >= 0.3 is 6.09 Å². The summed E-state index contributed by atoms with van der Waals surface area (Å²) in [6.07, 6.45) is 7.11. The minimum atomic E-state index is -0.440. The van der Waals surface area contributed by atoms with Crippen molar-refractivity contribution in [2.24, 2.45) is 5.92 Å². The maximum Gasteiger partial charge on any atom is 0.407 e. The van der Waals surface area contributed by atoms with Crippen LogP contribution in [0.5, 0.6) is 0 Å². The molecule has 5 heteroatoms. The number of ether oxygens (including phenoxy) is 2. The molecule has 0 bridgehead atoms. The number of carbonyl (C=O) groups is 1. The van der Waals surface area contributed by atoms with E-state index >= 15 is 0 Å². The van der Waals surface area contributed by atoms with Crippen molar-refractivity contribution in [2.75, 3.05) is 13.7 Å². The van der Waals surface area contributed by atoms with Gasteiger partial charge in [-0.15, -0.1) is 0 Å². The molecule has 2 aliphatic rings. The molecule has 0 saturated heterocycles. The predicted molar refractivity (Wildman–Crippen MR) is 86.9 cm³/mol. The summed E-state index contributed by atoms with van der Waals surface area (Å²) in [6.45, 7) is 6.52. The lowest BCUT2D eigenvalue weighted by Crippen LogP contribution is -2.48. The van der Waals surface area contributed by atoms with Gasteiger partial charge in [-0.3, -0.25) is 0 Å². The molecule has 2 saturated carbocycles. The summed E-state index contributed by atoms with van der Waals surface area (Å²) in [7, 11) is 1.80. The highest BCUT2D eigenvalue weighted by Gasteiger charge is 2.34. The van der Waals surface area contributed by atoms with Crippen molar-refractivity contribution in [2.45, 2.75) is 83.1 Å². The summed E-state index contributed by atoms with van der Waals surface area (Å²) < 4.78 is 10.8.